The monoisotopic (exact) mass is 252 g/mol. The predicted octanol–water partition coefficient (Wildman–Crippen LogP) is 0.449. The van der Waals surface area contributed by atoms with Gasteiger partial charge in [0.25, 0.3) is 0 Å². The van der Waals surface area contributed by atoms with Crippen LogP contribution >= 0.6 is 0 Å². The minimum Gasteiger partial charge on any atom is -0.394 e. The van der Waals surface area contributed by atoms with Gasteiger partial charge in [0.05, 0.1) is 19.3 Å². The average molecular weight is 252 g/mol. The molecule has 1 saturated heterocycles. The van der Waals surface area contributed by atoms with E-state index in [0.29, 0.717) is 12.6 Å². The summed E-state index contributed by atoms with van der Waals surface area (Å²) in [5.74, 6) is 0. The Morgan fingerprint density at radius 3 is 3.22 bits per heavy atom. The Labute approximate surface area is 109 Å². The van der Waals surface area contributed by atoms with Gasteiger partial charge in [-0.2, -0.15) is 5.10 Å². The maximum atomic E-state index is 8.84. The van der Waals surface area contributed by atoms with Crippen molar-refractivity contribution < 1.29 is 5.11 Å². The highest BCUT2D eigenvalue weighted by atomic mass is 16.3. The zero-order valence-electron chi connectivity index (χ0n) is 11.2. The Morgan fingerprint density at radius 1 is 1.56 bits per heavy atom. The third-order valence-electron chi connectivity index (χ3n) is 3.56. The van der Waals surface area contributed by atoms with Crippen molar-refractivity contribution >= 4 is 0 Å². The van der Waals surface area contributed by atoms with E-state index in [1.807, 2.05) is 12.4 Å². The summed E-state index contributed by atoms with van der Waals surface area (Å²) < 4.78 is 1.79. The van der Waals surface area contributed by atoms with Crippen molar-refractivity contribution in [1.29, 1.82) is 0 Å². The summed E-state index contributed by atoms with van der Waals surface area (Å²) in [5, 5.41) is 16.6. The minimum absolute atomic E-state index is 0.142. The molecule has 0 radical (unpaired) electrons. The van der Waals surface area contributed by atoms with Gasteiger partial charge in [-0.25, -0.2) is 0 Å². The van der Waals surface area contributed by atoms with Crippen LogP contribution in [0.3, 0.4) is 0 Å². The smallest absolute Gasteiger partial charge is 0.0640 e. The van der Waals surface area contributed by atoms with Gasteiger partial charge in [-0.1, -0.05) is 6.92 Å². The highest BCUT2D eigenvalue weighted by molar-refractivity contribution is 5.03. The Morgan fingerprint density at radius 2 is 2.44 bits per heavy atom. The third-order valence-corrected chi connectivity index (χ3v) is 3.56. The second-order valence-corrected chi connectivity index (χ2v) is 4.95. The van der Waals surface area contributed by atoms with Crippen molar-refractivity contribution in [2.45, 2.75) is 38.9 Å². The summed E-state index contributed by atoms with van der Waals surface area (Å²) in [7, 11) is 0. The van der Waals surface area contributed by atoms with Crippen LogP contribution in [0.15, 0.2) is 12.4 Å². The van der Waals surface area contributed by atoms with E-state index in [4.69, 9.17) is 5.11 Å². The first-order valence-corrected chi connectivity index (χ1v) is 6.89. The van der Waals surface area contributed by atoms with E-state index in [1.165, 1.54) is 24.9 Å². The third kappa shape index (κ3) is 3.80. The van der Waals surface area contributed by atoms with Crippen LogP contribution in [0.4, 0.5) is 0 Å². The molecule has 2 heterocycles. The number of hydrogen-bond donors (Lipinski definition) is 2. The van der Waals surface area contributed by atoms with E-state index in [2.05, 4.69) is 22.2 Å². The molecule has 1 aliphatic rings. The molecule has 0 aromatic carbocycles. The zero-order valence-corrected chi connectivity index (χ0v) is 11.2. The van der Waals surface area contributed by atoms with Crippen LogP contribution in [0.1, 0.15) is 25.3 Å². The van der Waals surface area contributed by atoms with Crippen molar-refractivity contribution in [3.05, 3.63) is 18.0 Å². The molecule has 2 rings (SSSR count). The second-order valence-electron chi connectivity index (χ2n) is 4.95. The van der Waals surface area contributed by atoms with Crippen molar-refractivity contribution in [3.63, 3.8) is 0 Å². The van der Waals surface area contributed by atoms with Crippen LogP contribution < -0.4 is 5.32 Å². The summed E-state index contributed by atoms with van der Waals surface area (Å²) in [5.41, 5.74) is 1.19. The number of piperidine rings is 1. The van der Waals surface area contributed by atoms with E-state index in [0.717, 1.165) is 19.6 Å². The lowest BCUT2D eigenvalue weighted by molar-refractivity contribution is 0.198. The van der Waals surface area contributed by atoms with E-state index >= 15 is 0 Å². The van der Waals surface area contributed by atoms with E-state index < -0.39 is 0 Å². The summed E-state index contributed by atoms with van der Waals surface area (Å²) in [6.45, 7) is 7.35. The standard InChI is InChI=1S/C13H24N4O/c1-2-16-5-3-4-13(11-16)14-8-12-9-15-17(10-12)6-7-18/h9-10,13-14,18H,2-8,11H2,1H3. The Kier molecular flexibility index (Phi) is 5.16. The minimum atomic E-state index is 0.142. The highest BCUT2D eigenvalue weighted by Gasteiger charge is 2.17. The maximum absolute atomic E-state index is 8.84. The molecule has 102 valence electrons. The van der Waals surface area contributed by atoms with Crippen LogP contribution in [0.2, 0.25) is 0 Å². The normalized spacial score (nSPS) is 21.3. The summed E-state index contributed by atoms with van der Waals surface area (Å²) >= 11 is 0. The van der Waals surface area contributed by atoms with Gasteiger partial charge in [0, 0.05) is 30.9 Å². The van der Waals surface area contributed by atoms with Gasteiger partial charge in [0.2, 0.25) is 0 Å². The molecule has 5 nitrogen and oxygen atoms in total. The Bertz CT molecular complexity index is 353. The predicted molar refractivity (Wildman–Crippen MR) is 71.3 cm³/mol. The molecule has 0 spiro atoms. The lowest BCUT2D eigenvalue weighted by Crippen LogP contribution is -2.45. The molecule has 2 N–H and O–H groups in total. The van der Waals surface area contributed by atoms with Crippen molar-refractivity contribution in [3.8, 4) is 0 Å². The molecule has 1 aliphatic heterocycles. The molecule has 5 heteroatoms. The molecule has 0 amide bonds. The molecule has 1 atom stereocenters. The number of nitrogens with one attached hydrogen (secondary N) is 1. The molecule has 1 unspecified atom stereocenters. The van der Waals surface area contributed by atoms with Crippen LogP contribution in [-0.2, 0) is 13.1 Å². The fourth-order valence-electron chi connectivity index (χ4n) is 2.49. The number of aliphatic hydroxyl groups is 1. The first-order valence-electron chi connectivity index (χ1n) is 6.89. The molecule has 18 heavy (non-hydrogen) atoms. The number of hydrogen-bond acceptors (Lipinski definition) is 4. The van der Waals surface area contributed by atoms with E-state index in [9.17, 15) is 0 Å². The first-order chi connectivity index (χ1) is 8.81. The van der Waals surface area contributed by atoms with E-state index in [-0.39, 0.29) is 6.61 Å². The zero-order chi connectivity index (χ0) is 12.8. The topological polar surface area (TPSA) is 53.3 Å². The molecule has 0 saturated carbocycles. The molecule has 1 aromatic rings. The molecular formula is C13H24N4O. The Hall–Kier alpha value is -0.910. The van der Waals surface area contributed by atoms with Crippen LogP contribution in [-0.4, -0.2) is 52.1 Å². The van der Waals surface area contributed by atoms with E-state index in [1.54, 1.807) is 4.68 Å². The SMILES string of the molecule is CCN1CCCC(NCc2cnn(CCO)c2)C1. The number of aliphatic hydroxyl groups excluding tert-OH is 1. The van der Waals surface area contributed by atoms with Gasteiger partial charge in [-0.05, 0) is 25.9 Å². The summed E-state index contributed by atoms with van der Waals surface area (Å²) in [4.78, 5) is 2.50. The highest BCUT2D eigenvalue weighted by Crippen LogP contribution is 2.10. The Balaban J connectivity index is 1.76. The summed E-state index contributed by atoms with van der Waals surface area (Å²) in [6.07, 6.45) is 6.43. The van der Waals surface area contributed by atoms with Gasteiger partial charge >= 0.3 is 0 Å². The maximum Gasteiger partial charge on any atom is 0.0640 e. The summed E-state index contributed by atoms with van der Waals surface area (Å²) in [6, 6.07) is 0.597. The lowest BCUT2D eigenvalue weighted by Gasteiger charge is -2.32. The lowest BCUT2D eigenvalue weighted by atomic mass is 10.1. The van der Waals surface area contributed by atoms with Gasteiger partial charge in [-0.15, -0.1) is 0 Å². The number of aromatic nitrogens is 2. The molecule has 0 aliphatic carbocycles. The van der Waals surface area contributed by atoms with Crippen LogP contribution in [0.25, 0.3) is 0 Å². The van der Waals surface area contributed by atoms with Crippen molar-refractivity contribution in [1.82, 2.24) is 20.0 Å². The van der Waals surface area contributed by atoms with Crippen molar-refractivity contribution in [2.75, 3.05) is 26.2 Å². The van der Waals surface area contributed by atoms with Crippen molar-refractivity contribution in [2.24, 2.45) is 0 Å². The quantitative estimate of drug-likeness (QED) is 0.772. The number of rotatable bonds is 6. The van der Waals surface area contributed by atoms with Crippen LogP contribution in [0, 0.1) is 0 Å². The average Bonchev–Trinajstić information content (AvgIpc) is 2.85. The molecular weight excluding hydrogens is 228 g/mol. The molecule has 0 bridgehead atoms. The van der Waals surface area contributed by atoms with Gasteiger partial charge in [-0.3, -0.25) is 4.68 Å². The molecule has 1 aromatic heterocycles. The second kappa shape index (κ2) is 6.87. The number of nitrogens with zero attached hydrogens (tertiary/aromatic N) is 3. The van der Waals surface area contributed by atoms with Gasteiger partial charge in [0.1, 0.15) is 0 Å². The van der Waals surface area contributed by atoms with Crippen LogP contribution in [0.5, 0.6) is 0 Å². The number of likely N-dealkylation sites (tertiary alicyclic amines) is 1. The van der Waals surface area contributed by atoms with Gasteiger partial charge in [0.15, 0.2) is 0 Å². The molecule has 1 fully saturated rings. The van der Waals surface area contributed by atoms with Gasteiger partial charge < -0.3 is 15.3 Å². The number of likely N-dealkylation sites (N-methyl/N-ethyl adjacent to an activating group) is 1. The largest absolute Gasteiger partial charge is 0.394 e. The fraction of sp³-hybridized carbons (Fsp3) is 0.769. The first kappa shape index (κ1) is 13.5. The fourth-order valence-corrected chi connectivity index (χ4v) is 2.49.